The molecule has 2 aliphatic heterocycles. The number of carbonyl (C=O) groups is 4. The Bertz CT molecular complexity index is 2590. The number of amides is 3. The number of imidazole rings is 1. The average Bonchev–Trinajstić information content (AvgIpc) is 4.13. The number of allylic oxidation sites excluding steroid dienone is 1. The fraction of sp³-hybridized carbons (Fsp3) is 0.347. The number of halogens is 2. The van der Waals surface area contributed by atoms with E-state index >= 15 is 0 Å². The van der Waals surface area contributed by atoms with E-state index < -0.39 is 55.1 Å². The van der Waals surface area contributed by atoms with Crippen LogP contribution in [0.3, 0.4) is 0 Å². The Morgan fingerprint density at radius 2 is 1.48 bits per heavy atom. The number of nitrogens with one attached hydrogen (secondary N) is 3. The number of aromatic nitrogens is 2. The van der Waals surface area contributed by atoms with Crippen LogP contribution in [0.1, 0.15) is 74.9 Å². The van der Waals surface area contributed by atoms with Crippen LogP contribution in [0.25, 0.3) is 38.7 Å². The molecule has 2 fully saturated rings. The topological polar surface area (TPSA) is 155 Å². The molecule has 5 atom stereocenters. The van der Waals surface area contributed by atoms with Crippen molar-refractivity contribution in [3.63, 3.8) is 0 Å². The van der Waals surface area contributed by atoms with Gasteiger partial charge in [0.1, 0.15) is 17.9 Å². The number of hydrogen-bond donors (Lipinski definition) is 3. The maximum absolute atomic E-state index is 14.9. The lowest BCUT2D eigenvalue weighted by molar-refractivity contribution is -0.135. The lowest BCUT2D eigenvalue weighted by atomic mass is 9.85. The van der Waals surface area contributed by atoms with Gasteiger partial charge in [-0.2, -0.15) is 0 Å². The molecule has 0 radical (unpaired) electrons. The molecule has 1 saturated heterocycles. The monoisotopic (exact) mass is 856 g/mol. The van der Waals surface area contributed by atoms with Crippen molar-refractivity contribution in [3.05, 3.63) is 120 Å². The minimum absolute atomic E-state index is 0.0643. The first-order valence-electron chi connectivity index (χ1n) is 21.2. The van der Waals surface area contributed by atoms with Gasteiger partial charge in [0.2, 0.25) is 5.91 Å². The number of benzene rings is 4. The number of hydrogen-bond acceptors (Lipinski definition) is 8. The van der Waals surface area contributed by atoms with Crippen LogP contribution < -0.4 is 10.6 Å². The predicted molar refractivity (Wildman–Crippen MR) is 236 cm³/mol. The number of Topliss-reactive ketones (excluding diaryl/α,β-unsaturated/α-hetero) is 1. The molecule has 14 heteroatoms. The Hall–Kier alpha value is -6.70. The number of fused-ring (bicyclic) bond motifs is 1. The third-order valence-corrected chi connectivity index (χ3v) is 12.5. The van der Waals surface area contributed by atoms with Crippen molar-refractivity contribution < 1.29 is 37.4 Å². The van der Waals surface area contributed by atoms with Gasteiger partial charge in [0, 0.05) is 42.2 Å². The van der Waals surface area contributed by atoms with Crippen molar-refractivity contribution in [2.75, 3.05) is 20.8 Å². The smallest absolute Gasteiger partial charge is 0.407 e. The molecular weight excluding hydrogens is 807 g/mol. The van der Waals surface area contributed by atoms with Crippen LogP contribution >= 0.6 is 0 Å². The molecule has 1 saturated carbocycles. The van der Waals surface area contributed by atoms with Crippen LogP contribution in [0.5, 0.6) is 0 Å². The van der Waals surface area contributed by atoms with Crippen LogP contribution in [0.15, 0.2) is 108 Å². The molecule has 326 valence electrons. The zero-order chi connectivity index (χ0) is 44.4. The first-order chi connectivity index (χ1) is 30.3. The first-order valence-corrected chi connectivity index (χ1v) is 21.2. The van der Waals surface area contributed by atoms with Crippen molar-refractivity contribution in [1.29, 1.82) is 0 Å². The van der Waals surface area contributed by atoms with Crippen LogP contribution in [-0.2, 0) is 19.1 Å². The van der Waals surface area contributed by atoms with Gasteiger partial charge in [0.05, 0.1) is 38.7 Å². The quantitative estimate of drug-likeness (QED) is 0.113. The van der Waals surface area contributed by atoms with Gasteiger partial charge >= 0.3 is 12.2 Å². The number of aliphatic imine (C=N–C) groups is 1. The normalized spacial score (nSPS) is 20.2. The SMILES string of the molecule is COC(=O)N[C@H](C(=O)N1CC(F)(F)C[C@H]1C1=NC=C(c2ccc(-c3ccc4cc(-c5cnc([C@@H]6CCCC6C(=O)[C@H](NC(=O)OC)c6ccccc6)[nH]5)ccc4c3)cc2)C1)C(C)C. The highest BCUT2D eigenvalue weighted by Gasteiger charge is 2.51. The van der Waals surface area contributed by atoms with Gasteiger partial charge in [0.25, 0.3) is 5.92 Å². The van der Waals surface area contributed by atoms with Gasteiger partial charge in [-0.3, -0.25) is 14.6 Å². The van der Waals surface area contributed by atoms with Crippen LogP contribution in [0.4, 0.5) is 18.4 Å². The molecule has 3 aliphatic rings. The molecule has 5 aromatic rings. The number of H-pyrrole nitrogens is 1. The van der Waals surface area contributed by atoms with E-state index in [2.05, 4.69) is 55.7 Å². The molecular formula is C49H50F2N6O6. The van der Waals surface area contributed by atoms with Gasteiger partial charge in [-0.25, -0.2) is 23.4 Å². The highest BCUT2D eigenvalue weighted by Crippen LogP contribution is 2.42. The van der Waals surface area contributed by atoms with E-state index in [1.165, 1.54) is 14.2 Å². The van der Waals surface area contributed by atoms with Crippen molar-refractivity contribution in [3.8, 4) is 22.4 Å². The number of rotatable bonds is 12. The second-order valence-electron chi connectivity index (χ2n) is 16.9. The maximum atomic E-state index is 14.9. The van der Waals surface area contributed by atoms with E-state index in [0.717, 1.165) is 67.9 Å². The Labute approximate surface area is 364 Å². The summed E-state index contributed by atoms with van der Waals surface area (Å²) < 4.78 is 39.2. The molecule has 1 unspecified atom stereocenters. The first kappa shape index (κ1) is 43.0. The fourth-order valence-electron chi connectivity index (χ4n) is 9.18. The van der Waals surface area contributed by atoms with Crippen LogP contribution in [0.2, 0.25) is 0 Å². The Morgan fingerprint density at radius 1 is 0.825 bits per heavy atom. The third kappa shape index (κ3) is 9.11. The van der Waals surface area contributed by atoms with E-state index in [9.17, 15) is 28.0 Å². The summed E-state index contributed by atoms with van der Waals surface area (Å²) in [6, 6.07) is 27.0. The number of ether oxygens (including phenoxy) is 2. The summed E-state index contributed by atoms with van der Waals surface area (Å²) in [5, 5.41) is 7.35. The molecule has 3 amide bonds. The molecule has 12 nitrogen and oxygen atoms in total. The zero-order valence-corrected chi connectivity index (χ0v) is 35.6. The summed E-state index contributed by atoms with van der Waals surface area (Å²) in [5.41, 5.74) is 6.80. The second kappa shape index (κ2) is 18.0. The van der Waals surface area contributed by atoms with Gasteiger partial charge in [0.15, 0.2) is 5.78 Å². The third-order valence-electron chi connectivity index (χ3n) is 12.5. The molecule has 8 rings (SSSR count). The lowest BCUT2D eigenvalue weighted by Gasteiger charge is -2.30. The minimum Gasteiger partial charge on any atom is -0.453 e. The zero-order valence-electron chi connectivity index (χ0n) is 35.6. The molecule has 63 heavy (non-hydrogen) atoms. The maximum Gasteiger partial charge on any atom is 0.407 e. The number of aromatic amines is 1. The van der Waals surface area contributed by atoms with Gasteiger partial charge in [-0.1, -0.05) is 99.1 Å². The van der Waals surface area contributed by atoms with E-state index in [1.807, 2.05) is 66.9 Å². The highest BCUT2D eigenvalue weighted by atomic mass is 19.3. The van der Waals surface area contributed by atoms with E-state index in [4.69, 9.17) is 9.72 Å². The number of ketones is 1. The van der Waals surface area contributed by atoms with Gasteiger partial charge in [-0.05, 0) is 69.5 Å². The van der Waals surface area contributed by atoms with Crippen molar-refractivity contribution in [1.82, 2.24) is 25.5 Å². The standard InChI is InChI=1S/C49H50F2N6O6/c1-28(2)42(55-47(60)62-3)46(59)57-27-49(50,51)24-41(57)39-23-36(25-52-39)30-15-13-29(14-16-30)32-17-18-34-22-35(20-19-33(34)21-32)40-26-53-45(54-40)38-12-8-11-37(38)44(58)43(56-48(61)63-4)31-9-6-5-7-10-31/h5-7,9-10,13-22,25-26,28,37-38,41-43H,8,11-12,23-24,27H2,1-4H3,(H,53,54)(H,55,60)(H,56,61)/t37?,38-,41+,42+,43-/m1/s1. The number of alkyl carbamates (subject to hydrolysis) is 2. The number of carbonyl (C=O) groups excluding carboxylic acids is 4. The molecule has 0 bridgehead atoms. The summed E-state index contributed by atoms with van der Waals surface area (Å²) in [5.74, 6) is -3.78. The number of nitrogens with zero attached hydrogens (tertiary/aromatic N) is 3. The van der Waals surface area contributed by atoms with E-state index in [0.29, 0.717) is 24.1 Å². The molecule has 1 aliphatic carbocycles. The number of alkyl halides is 2. The number of likely N-dealkylation sites (tertiary alicyclic amines) is 1. The summed E-state index contributed by atoms with van der Waals surface area (Å²) >= 11 is 0. The molecule has 0 spiro atoms. The molecule has 3 heterocycles. The lowest BCUT2D eigenvalue weighted by Crippen LogP contribution is -2.54. The Balaban J connectivity index is 0.929. The van der Waals surface area contributed by atoms with E-state index in [-0.39, 0.29) is 23.5 Å². The number of methoxy groups -OCH3 is 2. The molecule has 4 aromatic carbocycles. The van der Waals surface area contributed by atoms with Crippen molar-refractivity contribution in [2.24, 2.45) is 16.8 Å². The summed E-state index contributed by atoms with van der Waals surface area (Å²) in [4.78, 5) is 65.8. The van der Waals surface area contributed by atoms with Crippen molar-refractivity contribution in [2.45, 2.75) is 75.9 Å². The fourth-order valence-corrected chi connectivity index (χ4v) is 9.18. The van der Waals surface area contributed by atoms with Gasteiger partial charge in [-0.15, -0.1) is 0 Å². The minimum atomic E-state index is -3.09. The highest BCUT2D eigenvalue weighted by molar-refractivity contribution is 6.04. The van der Waals surface area contributed by atoms with Crippen LogP contribution in [-0.4, -0.2) is 83.2 Å². The Morgan fingerprint density at radius 3 is 2.17 bits per heavy atom. The van der Waals surface area contributed by atoms with E-state index in [1.54, 1.807) is 20.0 Å². The van der Waals surface area contributed by atoms with Crippen LogP contribution in [0, 0.1) is 11.8 Å². The summed E-state index contributed by atoms with van der Waals surface area (Å²) in [6.45, 7) is 2.73. The average molecular weight is 857 g/mol. The van der Waals surface area contributed by atoms with Crippen molar-refractivity contribution >= 4 is 45.9 Å². The molecule has 3 N–H and O–H groups in total. The summed E-state index contributed by atoms with van der Waals surface area (Å²) in [7, 11) is 2.47. The van der Waals surface area contributed by atoms with Gasteiger partial charge < -0.3 is 30.0 Å². The molecule has 1 aromatic heterocycles. The predicted octanol–water partition coefficient (Wildman–Crippen LogP) is 9.25. The second-order valence-corrected chi connectivity index (χ2v) is 16.9. The Kier molecular flexibility index (Phi) is 12.2. The largest absolute Gasteiger partial charge is 0.453 e. The summed E-state index contributed by atoms with van der Waals surface area (Å²) in [6.07, 6.45) is 4.19.